The summed E-state index contributed by atoms with van der Waals surface area (Å²) in [6.07, 6.45) is 3.07. The van der Waals surface area contributed by atoms with Crippen LogP contribution >= 0.6 is 0 Å². The quantitative estimate of drug-likeness (QED) is 0.594. The van der Waals surface area contributed by atoms with Crippen LogP contribution in [0.5, 0.6) is 5.75 Å². The van der Waals surface area contributed by atoms with Gasteiger partial charge in [-0.05, 0) is 23.8 Å². The molecule has 0 radical (unpaired) electrons. The van der Waals surface area contributed by atoms with Gasteiger partial charge in [-0.1, -0.05) is 12.1 Å². The van der Waals surface area contributed by atoms with Crippen LogP contribution in [0.4, 0.5) is 0 Å². The lowest BCUT2D eigenvalue weighted by Crippen LogP contribution is -2.31. The third-order valence-corrected chi connectivity index (χ3v) is 2.48. The molecule has 0 aliphatic heterocycles. The van der Waals surface area contributed by atoms with Crippen LogP contribution in [0.1, 0.15) is 5.56 Å². The van der Waals surface area contributed by atoms with Crippen molar-refractivity contribution in [3.8, 4) is 5.75 Å². The summed E-state index contributed by atoms with van der Waals surface area (Å²) in [5, 5.41) is 0. The number of rotatable bonds is 5. The number of likely N-dealkylation sites (N-methyl/N-ethyl adjacent to an activating group) is 1. The second kappa shape index (κ2) is 7.20. The smallest absolute Gasteiger partial charge is 0.325 e. The molecule has 1 rings (SSSR count). The maximum atomic E-state index is 11.7. The van der Waals surface area contributed by atoms with Crippen molar-refractivity contribution in [2.24, 2.45) is 0 Å². The second-order valence-electron chi connectivity index (χ2n) is 3.88. The van der Waals surface area contributed by atoms with Crippen molar-refractivity contribution in [3.63, 3.8) is 0 Å². The molecule has 102 valence electrons. The molecule has 1 amide bonds. The average Bonchev–Trinajstić information content (AvgIpc) is 2.44. The molecule has 0 heterocycles. The van der Waals surface area contributed by atoms with E-state index in [4.69, 9.17) is 4.74 Å². The summed E-state index contributed by atoms with van der Waals surface area (Å²) in [6, 6.07) is 7.32. The summed E-state index contributed by atoms with van der Waals surface area (Å²) in [5.74, 6) is -0.00337. The average molecular weight is 263 g/mol. The zero-order valence-electron chi connectivity index (χ0n) is 11.3. The highest BCUT2D eigenvalue weighted by atomic mass is 16.5. The Balaban J connectivity index is 2.64. The van der Waals surface area contributed by atoms with Gasteiger partial charge in [0.15, 0.2) is 0 Å². The highest BCUT2D eigenvalue weighted by Crippen LogP contribution is 2.13. The molecule has 0 saturated carbocycles. The van der Waals surface area contributed by atoms with Crippen molar-refractivity contribution in [2.45, 2.75) is 0 Å². The SMILES string of the molecule is COC(=O)CN(C)C(=O)C=Cc1cccc(OC)c1. The summed E-state index contributed by atoms with van der Waals surface area (Å²) in [6.45, 7) is -0.0716. The normalized spacial score (nSPS) is 10.3. The van der Waals surface area contributed by atoms with Crippen LogP contribution in [0, 0.1) is 0 Å². The first kappa shape index (κ1) is 14.8. The molecule has 0 N–H and O–H groups in total. The van der Waals surface area contributed by atoms with Crippen LogP contribution in [0.2, 0.25) is 0 Å². The van der Waals surface area contributed by atoms with E-state index in [1.54, 1.807) is 13.2 Å². The first-order chi connectivity index (χ1) is 9.06. The molecule has 0 atom stereocenters. The lowest BCUT2D eigenvalue weighted by Gasteiger charge is -2.12. The van der Waals surface area contributed by atoms with Gasteiger partial charge >= 0.3 is 5.97 Å². The molecule has 5 heteroatoms. The van der Waals surface area contributed by atoms with Crippen LogP contribution in [0.15, 0.2) is 30.3 Å². The summed E-state index contributed by atoms with van der Waals surface area (Å²) in [5.41, 5.74) is 0.846. The fourth-order valence-corrected chi connectivity index (χ4v) is 1.38. The molecule has 0 unspecified atom stereocenters. The number of amides is 1. The molecule has 0 bridgehead atoms. The van der Waals surface area contributed by atoms with Gasteiger partial charge in [0.25, 0.3) is 0 Å². The first-order valence-electron chi connectivity index (χ1n) is 5.71. The number of hydrogen-bond donors (Lipinski definition) is 0. The lowest BCUT2D eigenvalue weighted by atomic mass is 10.2. The second-order valence-corrected chi connectivity index (χ2v) is 3.88. The predicted octanol–water partition coefficient (Wildman–Crippen LogP) is 1.34. The molecule has 19 heavy (non-hydrogen) atoms. The van der Waals surface area contributed by atoms with Crippen molar-refractivity contribution in [1.82, 2.24) is 4.90 Å². The predicted molar refractivity (Wildman–Crippen MR) is 71.7 cm³/mol. The number of hydrogen-bond acceptors (Lipinski definition) is 4. The fraction of sp³-hybridized carbons (Fsp3) is 0.286. The van der Waals surface area contributed by atoms with Gasteiger partial charge in [0.1, 0.15) is 12.3 Å². The van der Waals surface area contributed by atoms with Gasteiger partial charge in [-0.25, -0.2) is 0 Å². The van der Waals surface area contributed by atoms with E-state index in [-0.39, 0.29) is 12.5 Å². The van der Waals surface area contributed by atoms with Crippen LogP contribution in [0.3, 0.4) is 0 Å². The van der Waals surface area contributed by atoms with E-state index in [0.29, 0.717) is 0 Å². The fourth-order valence-electron chi connectivity index (χ4n) is 1.38. The Morgan fingerprint density at radius 3 is 2.68 bits per heavy atom. The lowest BCUT2D eigenvalue weighted by molar-refractivity contribution is -0.144. The number of nitrogens with zero attached hydrogens (tertiary/aromatic N) is 1. The summed E-state index contributed by atoms with van der Waals surface area (Å²) < 4.78 is 9.58. The van der Waals surface area contributed by atoms with E-state index in [1.807, 2.05) is 24.3 Å². The zero-order chi connectivity index (χ0) is 14.3. The van der Waals surface area contributed by atoms with Crippen molar-refractivity contribution < 1.29 is 19.1 Å². The van der Waals surface area contributed by atoms with E-state index < -0.39 is 5.97 Å². The van der Waals surface area contributed by atoms with E-state index in [0.717, 1.165) is 11.3 Å². The summed E-state index contributed by atoms with van der Waals surface area (Å²) in [4.78, 5) is 24.0. The molecule has 1 aromatic carbocycles. The third-order valence-electron chi connectivity index (χ3n) is 2.48. The monoisotopic (exact) mass is 263 g/mol. The topological polar surface area (TPSA) is 55.8 Å². The molecule has 0 aliphatic carbocycles. The van der Waals surface area contributed by atoms with Crippen LogP contribution < -0.4 is 4.74 Å². The van der Waals surface area contributed by atoms with Crippen molar-refractivity contribution in [3.05, 3.63) is 35.9 Å². The molecule has 0 fully saturated rings. The van der Waals surface area contributed by atoms with Crippen molar-refractivity contribution in [2.75, 3.05) is 27.8 Å². The van der Waals surface area contributed by atoms with Gasteiger partial charge < -0.3 is 14.4 Å². The highest BCUT2D eigenvalue weighted by Gasteiger charge is 2.09. The van der Waals surface area contributed by atoms with Crippen LogP contribution in [0.25, 0.3) is 6.08 Å². The van der Waals surface area contributed by atoms with Gasteiger partial charge in [-0.3, -0.25) is 9.59 Å². The minimum Gasteiger partial charge on any atom is -0.497 e. The van der Waals surface area contributed by atoms with Crippen LogP contribution in [-0.4, -0.2) is 44.6 Å². The standard InChI is InChI=1S/C14H17NO4/c1-15(10-14(17)19-3)13(16)8-7-11-5-4-6-12(9-11)18-2/h4-9H,10H2,1-3H3. The molecule has 0 aliphatic rings. The van der Waals surface area contributed by atoms with E-state index >= 15 is 0 Å². The Kier molecular flexibility index (Phi) is 5.60. The highest BCUT2D eigenvalue weighted by molar-refractivity contribution is 5.93. The molecule has 0 spiro atoms. The van der Waals surface area contributed by atoms with E-state index in [9.17, 15) is 9.59 Å². The maximum Gasteiger partial charge on any atom is 0.325 e. The Morgan fingerprint density at radius 1 is 1.32 bits per heavy atom. The molecule has 0 saturated heterocycles. The Bertz CT molecular complexity index is 482. The van der Waals surface area contributed by atoms with Crippen LogP contribution in [-0.2, 0) is 14.3 Å². The number of carbonyl (C=O) groups excluding carboxylic acids is 2. The molecule has 1 aromatic rings. The minimum atomic E-state index is -0.453. The maximum absolute atomic E-state index is 11.7. The number of benzene rings is 1. The first-order valence-corrected chi connectivity index (χ1v) is 5.71. The Morgan fingerprint density at radius 2 is 2.05 bits per heavy atom. The summed E-state index contributed by atoms with van der Waals surface area (Å²) in [7, 11) is 4.40. The molecule has 5 nitrogen and oxygen atoms in total. The van der Waals surface area contributed by atoms with Gasteiger partial charge in [-0.2, -0.15) is 0 Å². The molecular formula is C14H17NO4. The number of esters is 1. The van der Waals surface area contributed by atoms with Crippen molar-refractivity contribution >= 4 is 18.0 Å². The van der Waals surface area contributed by atoms with Gasteiger partial charge in [0, 0.05) is 13.1 Å². The van der Waals surface area contributed by atoms with E-state index in [2.05, 4.69) is 4.74 Å². The number of methoxy groups -OCH3 is 2. The number of ether oxygens (including phenoxy) is 2. The van der Waals surface area contributed by atoms with Gasteiger partial charge in [0.2, 0.25) is 5.91 Å². The minimum absolute atomic E-state index is 0.0716. The Hall–Kier alpha value is -2.30. The molecular weight excluding hydrogens is 246 g/mol. The largest absolute Gasteiger partial charge is 0.497 e. The zero-order valence-corrected chi connectivity index (χ0v) is 11.3. The number of carbonyl (C=O) groups is 2. The van der Waals surface area contributed by atoms with Crippen molar-refractivity contribution in [1.29, 1.82) is 0 Å². The summed E-state index contributed by atoms with van der Waals surface area (Å²) >= 11 is 0. The molecule has 0 aromatic heterocycles. The third kappa shape index (κ3) is 4.83. The van der Waals surface area contributed by atoms with E-state index in [1.165, 1.54) is 25.1 Å². The van der Waals surface area contributed by atoms with Gasteiger partial charge in [0.05, 0.1) is 14.2 Å². The van der Waals surface area contributed by atoms with Gasteiger partial charge in [-0.15, -0.1) is 0 Å². The Labute approximate surface area is 112 Å².